The van der Waals surface area contributed by atoms with Gasteiger partial charge in [-0.1, -0.05) is 41.4 Å². The minimum atomic E-state index is -4.47. The number of aromatic amines is 1. The van der Waals surface area contributed by atoms with Crippen LogP contribution in [-0.2, 0) is 11.0 Å². The average Bonchev–Trinajstić information content (AvgIpc) is 3.36. The number of imidazole rings is 1. The van der Waals surface area contributed by atoms with Gasteiger partial charge in [0.2, 0.25) is 0 Å². The molecule has 1 N–H and O–H groups in total. The highest BCUT2D eigenvalue weighted by molar-refractivity contribution is 6.35. The number of rotatable bonds is 2. The first-order valence-electron chi connectivity index (χ1n) is 10.4. The lowest BCUT2D eigenvalue weighted by atomic mass is 9.81. The van der Waals surface area contributed by atoms with Gasteiger partial charge in [0.1, 0.15) is 11.3 Å². The number of hydrogen-bond acceptors (Lipinski definition) is 3. The number of H-pyrrole nitrogens is 1. The van der Waals surface area contributed by atoms with Crippen LogP contribution in [0.25, 0.3) is 22.2 Å². The Balaban J connectivity index is 1.58. The Kier molecular flexibility index (Phi) is 4.77. The summed E-state index contributed by atoms with van der Waals surface area (Å²) in [5.41, 5.74) is 2.05. The van der Waals surface area contributed by atoms with E-state index in [-0.39, 0.29) is 11.2 Å². The fourth-order valence-electron chi connectivity index (χ4n) is 4.75. The van der Waals surface area contributed by atoms with Crippen molar-refractivity contribution in [2.45, 2.75) is 57.2 Å². The molecule has 1 spiro atoms. The second-order valence-corrected chi connectivity index (χ2v) is 8.84. The molecule has 0 bridgehead atoms. The van der Waals surface area contributed by atoms with E-state index in [1.54, 1.807) is 19.1 Å². The largest absolute Gasteiger partial charge is 0.417 e. The maximum atomic E-state index is 13.6. The summed E-state index contributed by atoms with van der Waals surface area (Å²) in [7, 11) is 0. The van der Waals surface area contributed by atoms with E-state index in [2.05, 4.69) is 15.1 Å². The molecule has 2 aliphatic rings. The molecule has 0 atom stereocenters. The van der Waals surface area contributed by atoms with E-state index >= 15 is 0 Å². The highest BCUT2D eigenvalue weighted by Crippen LogP contribution is 2.42. The van der Waals surface area contributed by atoms with Crippen molar-refractivity contribution in [2.24, 2.45) is 5.16 Å². The summed E-state index contributed by atoms with van der Waals surface area (Å²) in [5, 5.41) is 4.61. The van der Waals surface area contributed by atoms with Crippen LogP contribution in [0.1, 0.15) is 55.5 Å². The van der Waals surface area contributed by atoms with Crippen LogP contribution in [0, 0.1) is 6.92 Å². The predicted molar refractivity (Wildman–Crippen MR) is 114 cm³/mol. The predicted octanol–water partition coefficient (Wildman–Crippen LogP) is 7.04. The number of alkyl halides is 3. The number of oxime groups is 1. The molecule has 0 amide bonds. The summed E-state index contributed by atoms with van der Waals surface area (Å²) >= 11 is 6.49. The zero-order valence-corrected chi connectivity index (χ0v) is 17.7. The van der Waals surface area contributed by atoms with Gasteiger partial charge < -0.3 is 9.82 Å². The van der Waals surface area contributed by atoms with Crippen molar-refractivity contribution in [1.29, 1.82) is 0 Å². The van der Waals surface area contributed by atoms with Crippen molar-refractivity contribution in [3.8, 4) is 11.1 Å². The van der Waals surface area contributed by atoms with Crippen molar-refractivity contribution in [1.82, 2.24) is 9.97 Å². The molecule has 162 valence electrons. The Hall–Kier alpha value is -2.54. The molecule has 0 radical (unpaired) electrons. The Morgan fingerprint density at radius 3 is 2.58 bits per heavy atom. The first-order chi connectivity index (χ1) is 14.8. The maximum Gasteiger partial charge on any atom is 0.417 e. The standard InChI is InChI=1S/C23H21ClF3N3O/c1-13-15(14-7-3-4-8-16(14)23(25,26)27)11-17(24)20-19(13)28-21(29-20)18-12-22(31-30-18)9-5-2-6-10-22/h3-4,7-8,11H,2,5-6,9-10,12H2,1H3,(H,28,29). The fourth-order valence-corrected chi connectivity index (χ4v) is 4.99. The molecular formula is C23H21ClF3N3O. The molecular weight excluding hydrogens is 427 g/mol. The quantitative estimate of drug-likeness (QED) is 0.458. The third-order valence-corrected chi connectivity index (χ3v) is 6.67. The van der Waals surface area contributed by atoms with Gasteiger partial charge in [-0.15, -0.1) is 0 Å². The van der Waals surface area contributed by atoms with E-state index in [1.165, 1.54) is 18.6 Å². The van der Waals surface area contributed by atoms with E-state index in [0.717, 1.165) is 37.5 Å². The molecule has 1 fully saturated rings. The molecule has 0 saturated heterocycles. The normalized spacial score (nSPS) is 18.4. The third-order valence-electron chi connectivity index (χ3n) is 6.37. The minimum absolute atomic E-state index is 0.0866. The molecule has 1 aliphatic carbocycles. The second-order valence-electron chi connectivity index (χ2n) is 8.43. The van der Waals surface area contributed by atoms with Crippen LogP contribution in [0.4, 0.5) is 13.2 Å². The summed E-state index contributed by atoms with van der Waals surface area (Å²) in [6.45, 7) is 1.77. The lowest BCUT2D eigenvalue weighted by Crippen LogP contribution is -2.31. The van der Waals surface area contributed by atoms with E-state index in [4.69, 9.17) is 16.4 Å². The zero-order valence-electron chi connectivity index (χ0n) is 16.9. The molecule has 1 aromatic heterocycles. The van der Waals surface area contributed by atoms with Crippen molar-refractivity contribution in [3.05, 3.63) is 52.3 Å². The number of hydrogen-bond donors (Lipinski definition) is 1. The molecule has 2 heterocycles. The summed E-state index contributed by atoms with van der Waals surface area (Å²) in [5.74, 6) is 0.559. The van der Waals surface area contributed by atoms with Crippen LogP contribution in [0.2, 0.25) is 5.02 Å². The Bertz CT molecular complexity index is 1190. The molecule has 0 unspecified atom stereocenters. The lowest BCUT2D eigenvalue weighted by molar-refractivity contribution is -0.137. The number of aromatic nitrogens is 2. The smallest absolute Gasteiger partial charge is 0.388 e. The van der Waals surface area contributed by atoms with Gasteiger partial charge in [0.25, 0.3) is 0 Å². The van der Waals surface area contributed by atoms with Gasteiger partial charge in [0.15, 0.2) is 5.82 Å². The van der Waals surface area contributed by atoms with Crippen LogP contribution in [-0.4, -0.2) is 21.3 Å². The third kappa shape index (κ3) is 3.49. The summed E-state index contributed by atoms with van der Waals surface area (Å²) in [6, 6.07) is 7.08. The first kappa shape index (κ1) is 20.4. The van der Waals surface area contributed by atoms with E-state index < -0.39 is 11.7 Å². The van der Waals surface area contributed by atoms with Crippen LogP contribution in [0.5, 0.6) is 0 Å². The van der Waals surface area contributed by atoms with Gasteiger partial charge in [-0.25, -0.2) is 4.98 Å². The van der Waals surface area contributed by atoms with E-state index in [1.807, 2.05) is 0 Å². The Morgan fingerprint density at radius 2 is 1.84 bits per heavy atom. The molecule has 3 aromatic rings. The van der Waals surface area contributed by atoms with Gasteiger partial charge >= 0.3 is 6.18 Å². The van der Waals surface area contributed by atoms with Gasteiger partial charge in [-0.05, 0) is 61.4 Å². The Labute approximate surface area is 182 Å². The molecule has 8 heteroatoms. The molecule has 5 rings (SSSR count). The van der Waals surface area contributed by atoms with Crippen LogP contribution in [0.3, 0.4) is 0 Å². The van der Waals surface area contributed by atoms with E-state index in [0.29, 0.717) is 39.4 Å². The minimum Gasteiger partial charge on any atom is -0.388 e. The van der Waals surface area contributed by atoms with Gasteiger partial charge in [-0.3, -0.25) is 0 Å². The number of benzene rings is 2. The number of aryl methyl sites for hydroxylation is 1. The average molecular weight is 448 g/mol. The highest BCUT2D eigenvalue weighted by Gasteiger charge is 2.41. The molecule has 31 heavy (non-hydrogen) atoms. The zero-order chi connectivity index (χ0) is 21.8. The number of nitrogens with zero attached hydrogens (tertiary/aromatic N) is 2. The van der Waals surface area contributed by atoms with Crippen molar-refractivity contribution in [3.63, 3.8) is 0 Å². The van der Waals surface area contributed by atoms with Gasteiger partial charge in [0, 0.05) is 6.42 Å². The molecule has 2 aromatic carbocycles. The maximum absolute atomic E-state index is 13.6. The van der Waals surface area contributed by atoms with Crippen LogP contribution in [0.15, 0.2) is 35.5 Å². The first-order valence-corrected chi connectivity index (χ1v) is 10.8. The monoisotopic (exact) mass is 447 g/mol. The number of halogens is 4. The number of nitrogens with one attached hydrogen (secondary N) is 1. The second kappa shape index (κ2) is 7.26. The SMILES string of the molecule is Cc1c(-c2ccccc2C(F)(F)F)cc(Cl)c2[nH]c(C3=NOC4(CCCCC4)C3)nc12. The molecule has 1 aliphatic heterocycles. The van der Waals surface area contributed by atoms with Crippen LogP contribution < -0.4 is 0 Å². The lowest BCUT2D eigenvalue weighted by Gasteiger charge is -2.30. The van der Waals surface area contributed by atoms with Gasteiger partial charge in [0.05, 0.1) is 21.6 Å². The molecule has 4 nitrogen and oxygen atoms in total. The van der Waals surface area contributed by atoms with Crippen molar-refractivity contribution in [2.75, 3.05) is 0 Å². The van der Waals surface area contributed by atoms with E-state index in [9.17, 15) is 13.2 Å². The summed E-state index contributed by atoms with van der Waals surface area (Å²) in [4.78, 5) is 13.7. The van der Waals surface area contributed by atoms with Crippen LogP contribution >= 0.6 is 11.6 Å². The van der Waals surface area contributed by atoms with Gasteiger partial charge in [-0.2, -0.15) is 13.2 Å². The topological polar surface area (TPSA) is 50.3 Å². The van der Waals surface area contributed by atoms with Crippen molar-refractivity contribution < 1.29 is 18.0 Å². The number of fused-ring (bicyclic) bond motifs is 1. The van der Waals surface area contributed by atoms with Crippen molar-refractivity contribution >= 4 is 28.3 Å². The highest BCUT2D eigenvalue weighted by atomic mass is 35.5. The Morgan fingerprint density at radius 1 is 1.10 bits per heavy atom. The summed E-state index contributed by atoms with van der Waals surface area (Å²) < 4.78 is 40.7. The fraction of sp³-hybridized carbons (Fsp3) is 0.391. The summed E-state index contributed by atoms with van der Waals surface area (Å²) in [6.07, 6.45) is 1.60. The molecule has 1 saturated carbocycles.